The molecule has 0 radical (unpaired) electrons. The van der Waals surface area contributed by atoms with Crippen LogP contribution in [-0.4, -0.2) is 81.2 Å². The highest BCUT2D eigenvalue weighted by atomic mass is 31.2. The second-order valence-electron chi connectivity index (χ2n) is 15.5. The smallest absolute Gasteiger partial charge is 0.306 e. The molecule has 0 fully saturated rings. The molecule has 0 spiro atoms. The number of nitrogens with zero attached hydrogens (tertiary/aromatic N) is 1. The lowest BCUT2D eigenvalue weighted by Crippen LogP contribution is -2.37. The molecule has 0 aliphatic rings. The van der Waals surface area contributed by atoms with Gasteiger partial charge in [-0.05, 0) is 96.3 Å². The van der Waals surface area contributed by atoms with Gasteiger partial charge < -0.3 is 33.0 Å². The van der Waals surface area contributed by atoms with E-state index in [1.807, 2.05) is 46.3 Å². The Balaban J connectivity index is 4.59. The van der Waals surface area contributed by atoms with E-state index < -0.39 is 32.5 Å². The number of phosphoric ester groups is 1. The summed E-state index contributed by atoms with van der Waals surface area (Å²) in [5, 5.41) is 9.57. The first-order chi connectivity index (χ1) is 28.4. The number of rotatable bonds is 38. The number of carbonyl (C=O) groups is 2. The second-order valence-corrected chi connectivity index (χ2v) is 16.9. The zero-order valence-electron chi connectivity index (χ0n) is 37.3. The van der Waals surface area contributed by atoms with Crippen LogP contribution in [0, 0.1) is 0 Å². The number of hydrogen-bond donors (Lipinski definition) is 1. The molecule has 0 aliphatic heterocycles. The number of aliphatic hydroxyl groups excluding tert-OH is 1. The van der Waals surface area contributed by atoms with Gasteiger partial charge in [0, 0.05) is 12.8 Å². The van der Waals surface area contributed by atoms with E-state index in [9.17, 15) is 24.2 Å². The first-order valence-corrected chi connectivity index (χ1v) is 23.5. The molecule has 11 heteroatoms. The summed E-state index contributed by atoms with van der Waals surface area (Å²) in [4.78, 5) is 37.5. The topological polar surface area (TPSA) is 131 Å². The van der Waals surface area contributed by atoms with Gasteiger partial charge in [-0.15, -0.1) is 0 Å². The van der Waals surface area contributed by atoms with Crippen LogP contribution in [0.15, 0.2) is 97.2 Å². The summed E-state index contributed by atoms with van der Waals surface area (Å²) in [7, 11) is 1.06. The number of aliphatic hydroxyl groups is 1. The van der Waals surface area contributed by atoms with Gasteiger partial charge in [0.1, 0.15) is 19.8 Å². The summed E-state index contributed by atoms with van der Waals surface area (Å²) in [5.74, 6) is -0.996. The minimum absolute atomic E-state index is 0.0613. The molecule has 0 aliphatic carbocycles. The molecule has 10 nitrogen and oxygen atoms in total. The number of phosphoric acid groups is 1. The molecule has 336 valence electrons. The lowest BCUT2D eigenvalue weighted by molar-refractivity contribution is -0.870. The van der Waals surface area contributed by atoms with Gasteiger partial charge in [0.15, 0.2) is 6.10 Å². The standard InChI is InChI=1S/C48H80NO9P/c1-6-8-9-10-11-12-13-14-15-16-17-21-24-27-30-33-36-39-47(51)55-43-46(44-57-59(53,54)56-42-41-49(3,4)5)58-48(52)40-37-34-31-28-25-22-19-18-20-23-26-29-32-35-38-45(50)7-2/h11-12,14-15,17,19-23,27-32,45-46,50H,6-10,13,16,18,24-26,33-44H2,1-5H3/b12-11-,15-14-,21-17-,22-19-,23-20-,30-27-,31-28-,32-29-/t45-,46-/m1/s1. The lowest BCUT2D eigenvalue weighted by atomic mass is 10.1. The summed E-state index contributed by atoms with van der Waals surface area (Å²) >= 11 is 0. The van der Waals surface area contributed by atoms with Crippen LogP contribution in [-0.2, 0) is 32.7 Å². The molecule has 0 aromatic rings. The van der Waals surface area contributed by atoms with Crippen LogP contribution in [0.1, 0.15) is 136 Å². The van der Waals surface area contributed by atoms with Crippen LogP contribution >= 0.6 is 7.82 Å². The molecule has 1 N–H and O–H groups in total. The predicted octanol–water partition coefficient (Wildman–Crippen LogP) is 10.9. The molecular formula is C48H80NO9P. The van der Waals surface area contributed by atoms with Crippen molar-refractivity contribution in [2.45, 2.75) is 148 Å². The Morgan fingerprint density at radius 2 is 1.05 bits per heavy atom. The Bertz CT molecular complexity index is 1340. The van der Waals surface area contributed by atoms with E-state index in [1.54, 1.807) is 0 Å². The quantitative estimate of drug-likeness (QED) is 0.0212. The first kappa shape index (κ1) is 55.9. The van der Waals surface area contributed by atoms with Crippen LogP contribution in [0.4, 0.5) is 0 Å². The molecule has 0 aromatic heterocycles. The lowest BCUT2D eigenvalue weighted by Gasteiger charge is -2.28. The first-order valence-electron chi connectivity index (χ1n) is 22.0. The minimum Gasteiger partial charge on any atom is -0.756 e. The molecule has 0 aromatic carbocycles. The number of ether oxygens (including phenoxy) is 2. The summed E-state index contributed by atoms with van der Waals surface area (Å²) in [6, 6.07) is 0. The molecule has 0 bridgehead atoms. The molecule has 0 saturated carbocycles. The summed E-state index contributed by atoms with van der Waals surface area (Å²) < 4.78 is 33.7. The van der Waals surface area contributed by atoms with Gasteiger partial charge in [-0.3, -0.25) is 14.2 Å². The number of esters is 2. The predicted molar refractivity (Wildman–Crippen MR) is 241 cm³/mol. The zero-order valence-corrected chi connectivity index (χ0v) is 38.2. The minimum atomic E-state index is -4.67. The average molecular weight is 846 g/mol. The highest BCUT2D eigenvalue weighted by Crippen LogP contribution is 2.38. The molecule has 59 heavy (non-hydrogen) atoms. The van der Waals surface area contributed by atoms with E-state index in [0.29, 0.717) is 36.7 Å². The third-order valence-electron chi connectivity index (χ3n) is 8.74. The van der Waals surface area contributed by atoms with Gasteiger partial charge in [0.05, 0.1) is 33.9 Å². The fourth-order valence-electron chi connectivity index (χ4n) is 5.09. The van der Waals surface area contributed by atoms with Crippen molar-refractivity contribution in [2.75, 3.05) is 47.5 Å². The van der Waals surface area contributed by atoms with Crippen molar-refractivity contribution in [3.8, 4) is 0 Å². The number of carbonyl (C=O) groups excluding carboxylic acids is 2. The Hall–Kier alpha value is -3.11. The third-order valence-corrected chi connectivity index (χ3v) is 9.70. The molecule has 3 atom stereocenters. The normalized spacial score (nSPS) is 15.0. The number of likely N-dealkylation sites (N-methyl/N-ethyl adjacent to an activating group) is 1. The maximum atomic E-state index is 12.7. The molecule has 1 unspecified atom stereocenters. The monoisotopic (exact) mass is 846 g/mol. The van der Waals surface area contributed by atoms with E-state index in [0.717, 1.165) is 64.2 Å². The largest absolute Gasteiger partial charge is 0.756 e. The van der Waals surface area contributed by atoms with Crippen molar-refractivity contribution >= 4 is 19.8 Å². The second kappa shape index (κ2) is 39.1. The van der Waals surface area contributed by atoms with Crippen LogP contribution in [0.5, 0.6) is 0 Å². The summed E-state index contributed by atoms with van der Waals surface area (Å²) in [5.41, 5.74) is 0. The average Bonchev–Trinajstić information content (AvgIpc) is 3.19. The van der Waals surface area contributed by atoms with Gasteiger partial charge in [-0.2, -0.15) is 0 Å². The zero-order chi connectivity index (χ0) is 43.7. The van der Waals surface area contributed by atoms with Crippen LogP contribution in [0.25, 0.3) is 0 Å². The Morgan fingerprint density at radius 1 is 0.610 bits per heavy atom. The van der Waals surface area contributed by atoms with E-state index in [2.05, 4.69) is 85.9 Å². The van der Waals surface area contributed by atoms with Crippen molar-refractivity contribution < 1.29 is 47.2 Å². The van der Waals surface area contributed by atoms with E-state index in [1.165, 1.54) is 19.3 Å². The third kappa shape index (κ3) is 42.8. The van der Waals surface area contributed by atoms with Crippen molar-refractivity contribution in [3.63, 3.8) is 0 Å². The number of quaternary nitrogens is 1. The van der Waals surface area contributed by atoms with Crippen LogP contribution in [0.3, 0.4) is 0 Å². The van der Waals surface area contributed by atoms with Gasteiger partial charge in [-0.25, -0.2) is 0 Å². The Labute approximate surface area is 358 Å². The van der Waals surface area contributed by atoms with Gasteiger partial charge in [0.2, 0.25) is 0 Å². The number of allylic oxidation sites excluding steroid dienone is 16. The number of hydrogen-bond acceptors (Lipinski definition) is 9. The Morgan fingerprint density at radius 3 is 1.51 bits per heavy atom. The molecule has 0 rings (SSSR count). The molecule has 0 amide bonds. The van der Waals surface area contributed by atoms with Gasteiger partial charge in [0.25, 0.3) is 7.82 Å². The number of unbranched alkanes of at least 4 members (excludes halogenated alkanes) is 5. The molecular weight excluding hydrogens is 765 g/mol. The summed E-state index contributed by atoms with van der Waals surface area (Å²) in [6.45, 7) is 3.75. The van der Waals surface area contributed by atoms with Crippen molar-refractivity contribution in [1.82, 2.24) is 0 Å². The Kier molecular flexibility index (Phi) is 37.0. The molecule has 0 saturated heterocycles. The highest BCUT2D eigenvalue weighted by molar-refractivity contribution is 7.45. The van der Waals surface area contributed by atoms with E-state index >= 15 is 0 Å². The fourth-order valence-corrected chi connectivity index (χ4v) is 5.82. The van der Waals surface area contributed by atoms with E-state index in [-0.39, 0.29) is 32.2 Å². The van der Waals surface area contributed by atoms with Gasteiger partial charge >= 0.3 is 11.9 Å². The summed E-state index contributed by atoms with van der Waals surface area (Å²) in [6.07, 6.45) is 48.2. The maximum absolute atomic E-state index is 12.7. The van der Waals surface area contributed by atoms with Crippen molar-refractivity contribution in [1.29, 1.82) is 0 Å². The van der Waals surface area contributed by atoms with Crippen molar-refractivity contribution in [2.24, 2.45) is 0 Å². The van der Waals surface area contributed by atoms with Crippen LogP contribution < -0.4 is 4.89 Å². The van der Waals surface area contributed by atoms with Crippen LogP contribution in [0.2, 0.25) is 0 Å². The van der Waals surface area contributed by atoms with Gasteiger partial charge in [-0.1, -0.05) is 124 Å². The van der Waals surface area contributed by atoms with E-state index in [4.69, 9.17) is 18.5 Å². The molecule has 0 heterocycles. The fraction of sp³-hybridized carbons (Fsp3) is 0.625. The van der Waals surface area contributed by atoms with Crippen molar-refractivity contribution in [3.05, 3.63) is 97.2 Å². The SMILES string of the molecule is CCCCC/C=C\C/C=C\C/C=C\C/C=C\CCCC(=O)OC[C@H](COP(=O)([O-])OCC[N+](C)(C)C)OC(=O)CCC/C=C\C/C=C\C/C=C\C/C=C\CC[C@H](O)CC. The maximum Gasteiger partial charge on any atom is 0.306 e. The highest BCUT2D eigenvalue weighted by Gasteiger charge is 2.21.